The summed E-state index contributed by atoms with van der Waals surface area (Å²) in [5.41, 5.74) is -0.579. The topological polar surface area (TPSA) is 29.5 Å². The van der Waals surface area contributed by atoms with E-state index in [1.165, 1.54) is 0 Å². The summed E-state index contributed by atoms with van der Waals surface area (Å²) in [6, 6.07) is 0. The molecule has 0 unspecified atom stereocenters. The van der Waals surface area contributed by atoms with Gasteiger partial charge in [0.2, 0.25) is 0 Å². The van der Waals surface area contributed by atoms with Gasteiger partial charge in [-0.25, -0.2) is 0 Å². The molecular formula is C8H16O2. The zero-order valence-electron chi connectivity index (χ0n) is 6.76. The lowest BCUT2D eigenvalue weighted by atomic mass is 10.0. The van der Waals surface area contributed by atoms with Gasteiger partial charge in [0.15, 0.2) is 0 Å². The van der Waals surface area contributed by atoms with Crippen molar-refractivity contribution in [2.45, 2.75) is 44.8 Å². The molecule has 1 fully saturated rings. The van der Waals surface area contributed by atoms with Crippen LogP contribution in [0, 0.1) is 0 Å². The molecule has 0 bridgehead atoms. The average Bonchev–Trinajstić information content (AvgIpc) is 1.94. The highest BCUT2D eigenvalue weighted by Gasteiger charge is 2.24. The molecule has 10 heavy (non-hydrogen) atoms. The molecule has 0 aromatic rings. The third kappa shape index (κ3) is 2.27. The Bertz CT molecular complexity index is 110. The minimum Gasteiger partial charge on any atom is -0.388 e. The highest BCUT2D eigenvalue weighted by molar-refractivity contribution is 4.75. The summed E-state index contributed by atoms with van der Waals surface area (Å²) in [4.78, 5) is 0. The lowest BCUT2D eigenvalue weighted by Gasteiger charge is -2.19. The molecule has 1 aliphatic heterocycles. The lowest BCUT2D eigenvalue weighted by molar-refractivity contribution is -0.0443. The zero-order chi connectivity index (χ0) is 7.61. The molecular weight excluding hydrogens is 128 g/mol. The Balaban J connectivity index is 2.41. The average molecular weight is 144 g/mol. The molecule has 0 aliphatic carbocycles. The van der Waals surface area contributed by atoms with E-state index in [0.717, 1.165) is 19.3 Å². The van der Waals surface area contributed by atoms with Crippen molar-refractivity contribution >= 4 is 0 Å². The minimum absolute atomic E-state index is 0.328. The van der Waals surface area contributed by atoms with Crippen LogP contribution in [-0.2, 0) is 4.74 Å². The molecule has 1 N–H and O–H groups in total. The number of rotatable bonds is 0. The van der Waals surface area contributed by atoms with Crippen molar-refractivity contribution < 1.29 is 9.84 Å². The van der Waals surface area contributed by atoms with Crippen molar-refractivity contribution in [2.75, 3.05) is 6.61 Å². The largest absolute Gasteiger partial charge is 0.388 e. The second-order valence-electron chi connectivity index (χ2n) is 3.51. The monoisotopic (exact) mass is 144 g/mol. The summed E-state index contributed by atoms with van der Waals surface area (Å²) >= 11 is 0. The maximum Gasteiger partial charge on any atom is 0.0852 e. The van der Waals surface area contributed by atoms with Gasteiger partial charge in [-0.05, 0) is 33.1 Å². The summed E-state index contributed by atoms with van der Waals surface area (Å²) in [5, 5.41) is 9.55. The highest BCUT2D eigenvalue weighted by Crippen LogP contribution is 2.20. The minimum atomic E-state index is -0.579. The van der Waals surface area contributed by atoms with Gasteiger partial charge in [-0.15, -0.1) is 0 Å². The van der Waals surface area contributed by atoms with E-state index in [9.17, 15) is 5.11 Å². The van der Waals surface area contributed by atoms with Crippen molar-refractivity contribution in [1.29, 1.82) is 0 Å². The van der Waals surface area contributed by atoms with Gasteiger partial charge in [0.25, 0.3) is 0 Å². The van der Waals surface area contributed by atoms with E-state index in [1.54, 1.807) is 0 Å². The van der Waals surface area contributed by atoms with Gasteiger partial charge in [-0.1, -0.05) is 0 Å². The van der Waals surface area contributed by atoms with Crippen molar-refractivity contribution in [3.63, 3.8) is 0 Å². The zero-order valence-corrected chi connectivity index (χ0v) is 6.76. The third-order valence-electron chi connectivity index (χ3n) is 2.00. The number of aliphatic hydroxyl groups is 1. The van der Waals surface area contributed by atoms with Gasteiger partial charge in [0, 0.05) is 0 Å². The van der Waals surface area contributed by atoms with Crippen LogP contribution >= 0.6 is 0 Å². The Morgan fingerprint density at radius 3 is 3.00 bits per heavy atom. The molecule has 2 heteroatoms. The Hall–Kier alpha value is -0.0800. The molecule has 1 rings (SSSR count). The van der Waals surface area contributed by atoms with Gasteiger partial charge in [-0.3, -0.25) is 0 Å². The molecule has 2 atom stereocenters. The van der Waals surface area contributed by atoms with E-state index in [2.05, 4.69) is 6.92 Å². The fourth-order valence-electron chi connectivity index (χ4n) is 1.25. The fraction of sp³-hybridized carbons (Fsp3) is 1.00. The predicted octanol–water partition coefficient (Wildman–Crippen LogP) is 1.33. The molecule has 2 nitrogen and oxygen atoms in total. The predicted molar refractivity (Wildman–Crippen MR) is 39.9 cm³/mol. The number of hydrogen-bond acceptors (Lipinski definition) is 2. The summed E-state index contributed by atoms with van der Waals surface area (Å²) < 4.78 is 5.37. The Morgan fingerprint density at radius 1 is 1.60 bits per heavy atom. The first-order valence-corrected chi connectivity index (χ1v) is 3.94. The smallest absolute Gasteiger partial charge is 0.0852 e. The molecule has 0 saturated carbocycles. The molecule has 1 heterocycles. The second kappa shape index (κ2) is 2.89. The molecule has 60 valence electrons. The lowest BCUT2D eigenvalue weighted by Crippen LogP contribution is -2.29. The first-order chi connectivity index (χ1) is 4.60. The maximum atomic E-state index is 9.55. The normalized spacial score (nSPS) is 42.9. The van der Waals surface area contributed by atoms with Crippen LogP contribution in [0.15, 0.2) is 0 Å². The number of ether oxygens (including phenoxy) is 1. The van der Waals surface area contributed by atoms with Crippen LogP contribution < -0.4 is 0 Å². The second-order valence-corrected chi connectivity index (χ2v) is 3.51. The summed E-state index contributed by atoms with van der Waals surface area (Å²) in [6.07, 6.45) is 3.36. The first kappa shape index (κ1) is 8.02. The van der Waals surface area contributed by atoms with E-state index in [1.807, 2.05) is 6.92 Å². The van der Waals surface area contributed by atoms with E-state index < -0.39 is 5.60 Å². The van der Waals surface area contributed by atoms with E-state index in [4.69, 9.17) is 4.74 Å². The molecule has 0 radical (unpaired) electrons. The Kier molecular flexibility index (Phi) is 2.32. The van der Waals surface area contributed by atoms with Gasteiger partial charge in [-0.2, -0.15) is 0 Å². The van der Waals surface area contributed by atoms with Gasteiger partial charge in [0.05, 0.1) is 18.3 Å². The molecule has 1 aliphatic rings. The van der Waals surface area contributed by atoms with Crippen LogP contribution in [0.4, 0.5) is 0 Å². The fourth-order valence-corrected chi connectivity index (χ4v) is 1.25. The maximum absolute atomic E-state index is 9.55. The molecule has 0 amide bonds. The third-order valence-corrected chi connectivity index (χ3v) is 2.00. The van der Waals surface area contributed by atoms with Crippen LogP contribution in [0.3, 0.4) is 0 Å². The van der Waals surface area contributed by atoms with Gasteiger partial charge < -0.3 is 9.84 Å². The Labute approximate surface area is 62.2 Å². The van der Waals surface area contributed by atoms with Crippen LogP contribution in [0.25, 0.3) is 0 Å². The van der Waals surface area contributed by atoms with Gasteiger partial charge in [0.1, 0.15) is 0 Å². The van der Waals surface area contributed by atoms with E-state index >= 15 is 0 Å². The van der Waals surface area contributed by atoms with Crippen LogP contribution in [0.5, 0.6) is 0 Å². The molecule has 0 spiro atoms. The van der Waals surface area contributed by atoms with E-state index in [-0.39, 0.29) is 0 Å². The standard InChI is InChI=1S/C8H16O2/c1-7-4-3-5-8(2,9)6-10-7/h7,9H,3-6H2,1-2H3/t7-,8-/m0/s1. The quantitative estimate of drug-likeness (QED) is 0.555. The van der Waals surface area contributed by atoms with Crippen LogP contribution in [0.1, 0.15) is 33.1 Å². The van der Waals surface area contributed by atoms with Gasteiger partial charge >= 0.3 is 0 Å². The van der Waals surface area contributed by atoms with Crippen molar-refractivity contribution in [2.24, 2.45) is 0 Å². The van der Waals surface area contributed by atoms with Crippen molar-refractivity contribution in [3.05, 3.63) is 0 Å². The number of hydrogen-bond donors (Lipinski definition) is 1. The van der Waals surface area contributed by atoms with Crippen LogP contribution in [0.2, 0.25) is 0 Å². The molecule has 0 aromatic heterocycles. The van der Waals surface area contributed by atoms with Crippen molar-refractivity contribution in [1.82, 2.24) is 0 Å². The Morgan fingerprint density at radius 2 is 2.30 bits per heavy atom. The SMILES string of the molecule is C[C@H]1CCC[C@](C)(O)CO1. The highest BCUT2D eigenvalue weighted by atomic mass is 16.5. The summed E-state index contributed by atoms with van der Waals surface area (Å²) in [6.45, 7) is 4.39. The van der Waals surface area contributed by atoms with Crippen molar-refractivity contribution in [3.8, 4) is 0 Å². The first-order valence-electron chi connectivity index (χ1n) is 3.94. The molecule has 1 saturated heterocycles. The van der Waals surface area contributed by atoms with E-state index in [0.29, 0.717) is 12.7 Å². The molecule has 0 aromatic carbocycles. The summed E-state index contributed by atoms with van der Waals surface area (Å²) in [5.74, 6) is 0. The summed E-state index contributed by atoms with van der Waals surface area (Å²) in [7, 11) is 0. The van der Waals surface area contributed by atoms with Crippen LogP contribution in [-0.4, -0.2) is 23.4 Å².